The summed E-state index contributed by atoms with van der Waals surface area (Å²) in [6.07, 6.45) is 1.86. The van der Waals surface area contributed by atoms with E-state index in [9.17, 15) is 14.3 Å². The molecule has 0 bridgehead atoms. The van der Waals surface area contributed by atoms with Crippen LogP contribution in [0.3, 0.4) is 0 Å². The van der Waals surface area contributed by atoms with E-state index in [1.165, 1.54) is 17.7 Å². The molecule has 2 aromatic carbocycles. The van der Waals surface area contributed by atoms with Crippen molar-refractivity contribution in [2.24, 2.45) is 13.0 Å². The first-order valence-corrected chi connectivity index (χ1v) is 16.0. The van der Waals surface area contributed by atoms with Gasteiger partial charge in [0, 0.05) is 89.3 Å². The van der Waals surface area contributed by atoms with Crippen molar-refractivity contribution in [2.75, 3.05) is 65.5 Å². The lowest BCUT2D eigenvalue weighted by Crippen LogP contribution is -2.58. The summed E-state index contributed by atoms with van der Waals surface area (Å²) in [4.78, 5) is 23.0. The second-order valence-corrected chi connectivity index (χ2v) is 13.0. The highest BCUT2D eigenvalue weighted by atomic mass is 19.1. The second kappa shape index (κ2) is 13.4. The number of likely N-dealkylation sites (tertiary alicyclic amines) is 1. The molecule has 0 unspecified atom stereocenters. The number of benzene rings is 2. The fourth-order valence-electron chi connectivity index (χ4n) is 6.90. The molecule has 0 spiro atoms. The van der Waals surface area contributed by atoms with E-state index in [4.69, 9.17) is 0 Å². The number of amides is 1. The van der Waals surface area contributed by atoms with Gasteiger partial charge in [0.2, 0.25) is 0 Å². The third-order valence-corrected chi connectivity index (χ3v) is 9.56. The van der Waals surface area contributed by atoms with Gasteiger partial charge < -0.3 is 10.0 Å². The molecule has 43 heavy (non-hydrogen) atoms. The summed E-state index contributed by atoms with van der Waals surface area (Å²) in [6, 6.07) is 9.55. The van der Waals surface area contributed by atoms with E-state index in [1.54, 1.807) is 11.0 Å². The number of aliphatic hydroxyl groups is 1. The van der Waals surface area contributed by atoms with Gasteiger partial charge in [-0.3, -0.25) is 24.2 Å². The molecule has 2 fully saturated rings. The number of hydrogen-bond donors (Lipinski definition) is 1. The van der Waals surface area contributed by atoms with Gasteiger partial charge in [-0.25, -0.2) is 4.39 Å². The van der Waals surface area contributed by atoms with Crippen molar-refractivity contribution in [1.29, 1.82) is 0 Å². The number of piperazine rings is 1. The summed E-state index contributed by atoms with van der Waals surface area (Å²) in [5.41, 5.74) is 4.34. The molecule has 1 N–H and O–H groups in total. The molecule has 0 aliphatic carbocycles. The summed E-state index contributed by atoms with van der Waals surface area (Å²) in [5, 5.41) is 14.8. The van der Waals surface area contributed by atoms with Gasteiger partial charge in [0.15, 0.2) is 0 Å². The number of fused-ring (bicyclic) bond motifs is 1. The minimum Gasteiger partial charge on any atom is -0.395 e. The van der Waals surface area contributed by atoms with E-state index in [1.807, 2.05) is 38.7 Å². The molecule has 1 atom stereocenters. The van der Waals surface area contributed by atoms with E-state index < -0.39 is 5.82 Å². The molecule has 8 nitrogen and oxygen atoms in total. The van der Waals surface area contributed by atoms with Crippen molar-refractivity contribution in [3.05, 3.63) is 53.5 Å². The van der Waals surface area contributed by atoms with Crippen LogP contribution in [0, 0.1) is 11.7 Å². The van der Waals surface area contributed by atoms with Crippen molar-refractivity contribution >= 4 is 16.8 Å². The molecule has 5 rings (SSSR count). The van der Waals surface area contributed by atoms with Crippen LogP contribution in [-0.2, 0) is 7.05 Å². The standard InChI is InChI=1S/C34H49FN6O2/c1-7-41(24(4)5)34(43)30-18-27(35)8-9-28(30)29-16-25(17-32-31(29)19-36-37(32)6)26-20-40(21-26)33(23(2)3)22-39-12-10-38(11-13-39)14-15-42/h8-9,16-19,23-24,26,33,42H,7,10-15,20-22H2,1-6H3/t33-/m0/s1. The maximum atomic E-state index is 14.6. The molecule has 3 heterocycles. The highest BCUT2D eigenvalue weighted by Crippen LogP contribution is 2.38. The first-order valence-electron chi connectivity index (χ1n) is 16.0. The molecular weight excluding hydrogens is 543 g/mol. The number of nitrogens with zero attached hydrogens (tertiary/aromatic N) is 6. The van der Waals surface area contributed by atoms with Crippen LogP contribution >= 0.6 is 0 Å². The average Bonchev–Trinajstić information content (AvgIpc) is 3.33. The fraction of sp³-hybridized carbons (Fsp3) is 0.588. The summed E-state index contributed by atoms with van der Waals surface area (Å²) in [7, 11) is 1.95. The predicted molar refractivity (Wildman–Crippen MR) is 171 cm³/mol. The van der Waals surface area contributed by atoms with Crippen LogP contribution < -0.4 is 0 Å². The Kier molecular flexibility index (Phi) is 9.86. The third-order valence-electron chi connectivity index (χ3n) is 9.56. The zero-order valence-corrected chi connectivity index (χ0v) is 26.8. The molecule has 2 saturated heterocycles. The molecule has 0 saturated carbocycles. The molecule has 9 heteroatoms. The van der Waals surface area contributed by atoms with Crippen molar-refractivity contribution in [2.45, 2.75) is 52.6 Å². The van der Waals surface area contributed by atoms with Crippen LogP contribution in [0.4, 0.5) is 4.39 Å². The maximum Gasteiger partial charge on any atom is 0.254 e. The lowest BCUT2D eigenvalue weighted by Gasteiger charge is -2.48. The smallest absolute Gasteiger partial charge is 0.254 e. The molecule has 1 aromatic heterocycles. The van der Waals surface area contributed by atoms with Crippen LogP contribution in [0.2, 0.25) is 0 Å². The topological polar surface area (TPSA) is 68.1 Å². The van der Waals surface area contributed by atoms with Crippen molar-refractivity contribution < 1.29 is 14.3 Å². The fourth-order valence-corrected chi connectivity index (χ4v) is 6.90. The Labute approximate surface area is 256 Å². The lowest BCUT2D eigenvalue weighted by atomic mass is 9.84. The van der Waals surface area contributed by atoms with Gasteiger partial charge in [-0.1, -0.05) is 19.9 Å². The minimum absolute atomic E-state index is 0.0117. The minimum atomic E-state index is -0.408. The molecular formula is C34H49FN6O2. The number of β-amino-alcohol motifs (C(OH)–C–C–N with tert-alkyl or cyclic N) is 1. The van der Waals surface area contributed by atoms with E-state index in [2.05, 4.69) is 45.8 Å². The number of carbonyl (C=O) groups excluding carboxylic acids is 1. The summed E-state index contributed by atoms with van der Waals surface area (Å²) < 4.78 is 16.5. The molecule has 2 aliphatic heterocycles. The highest BCUT2D eigenvalue weighted by molar-refractivity contribution is 6.05. The average molecular weight is 593 g/mol. The molecule has 2 aliphatic rings. The zero-order valence-electron chi connectivity index (χ0n) is 26.8. The van der Waals surface area contributed by atoms with E-state index in [-0.39, 0.29) is 18.6 Å². The van der Waals surface area contributed by atoms with Crippen LogP contribution in [0.25, 0.3) is 22.0 Å². The first kappa shape index (κ1) is 31.6. The van der Waals surface area contributed by atoms with Crippen molar-refractivity contribution in [3.63, 3.8) is 0 Å². The Morgan fingerprint density at radius 2 is 1.74 bits per heavy atom. The van der Waals surface area contributed by atoms with Crippen LogP contribution in [0.5, 0.6) is 0 Å². The third kappa shape index (κ3) is 6.65. The van der Waals surface area contributed by atoms with Crippen LogP contribution in [0.1, 0.15) is 56.5 Å². The predicted octanol–water partition coefficient (Wildman–Crippen LogP) is 4.28. The highest BCUT2D eigenvalue weighted by Gasteiger charge is 2.36. The molecule has 3 aromatic rings. The SMILES string of the molecule is CCN(C(=O)c1cc(F)ccc1-c1cc(C2CN([C@@H](CN3CCN(CCO)CC3)C(C)C)C2)cc2c1cnn2C)C(C)C. The van der Waals surface area contributed by atoms with Gasteiger partial charge in [0.05, 0.1) is 23.9 Å². The Hall–Kier alpha value is -2.85. The van der Waals surface area contributed by atoms with Gasteiger partial charge in [-0.05, 0) is 67.6 Å². The summed E-state index contributed by atoms with van der Waals surface area (Å²) >= 11 is 0. The second-order valence-electron chi connectivity index (χ2n) is 13.0. The van der Waals surface area contributed by atoms with Gasteiger partial charge in [0.25, 0.3) is 5.91 Å². The first-order chi connectivity index (χ1) is 20.6. The monoisotopic (exact) mass is 592 g/mol. The molecule has 234 valence electrons. The number of aliphatic hydroxyl groups excluding tert-OH is 1. The largest absolute Gasteiger partial charge is 0.395 e. The lowest BCUT2D eigenvalue weighted by molar-refractivity contribution is 0.0254. The Bertz CT molecular complexity index is 1410. The summed E-state index contributed by atoms with van der Waals surface area (Å²) in [6.45, 7) is 19.3. The van der Waals surface area contributed by atoms with Gasteiger partial charge in [0.1, 0.15) is 5.82 Å². The normalized spacial score (nSPS) is 18.1. The van der Waals surface area contributed by atoms with E-state index in [0.29, 0.717) is 30.0 Å². The van der Waals surface area contributed by atoms with E-state index >= 15 is 0 Å². The maximum absolute atomic E-state index is 14.6. The number of carbonyl (C=O) groups is 1. The van der Waals surface area contributed by atoms with Crippen molar-refractivity contribution in [1.82, 2.24) is 29.4 Å². The molecule has 1 amide bonds. The van der Waals surface area contributed by atoms with Gasteiger partial charge in [-0.15, -0.1) is 0 Å². The van der Waals surface area contributed by atoms with Crippen LogP contribution in [-0.4, -0.2) is 118 Å². The Balaban J connectivity index is 1.40. The zero-order chi connectivity index (χ0) is 30.8. The van der Waals surface area contributed by atoms with Crippen LogP contribution in [0.15, 0.2) is 36.5 Å². The van der Waals surface area contributed by atoms with Crippen molar-refractivity contribution in [3.8, 4) is 11.1 Å². The number of aromatic nitrogens is 2. The van der Waals surface area contributed by atoms with Gasteiger partial charge >= 0.3 is 0 Å². The quantitative estimate of drug-likeness (QED) is 0.359. The van der Waals surface area contributed by atoms with Gasteiger partial charge in [-0.2, -0.15) is 5.10 Å². The summed E-state index contributed by atoms with van der Waals surface area (Å²) in [5.74, 6) is 0.362. The Morgan fingerprint density at radius 3 is 2.37 bits per heavy atom. The number of hydrogen-bond acceptors (Lipinski definition) is 6. The molecule has 0 radical (unpaired) electrons. The number of halogens is 1. The number of aryl methyl sites for hydroxylation is 1. The van der Waals surface area contributed by atoms with E-state index in [0.717, 1.165) is 74.4 Å². The Morgan fingerprint density at radius 1 is 1.05 bits per heavy atom. The number of rotatable bonds is 11.